The number of aryl methyl sites for hydroxylation is 1. The van der Waals surface area contributed by atoms with Gasteiger partial charge in [0.2, 0.25) is 0 Å². The molecule has 0 bridgehead atoms. The van der Waals surface area contributed by atoms with Crippen molar-refractivity contribution in [3.63, 3.8) is 0 Å². The van der Waals surface area contributed by atoms with Crippen LogP contribution in [0.4, 0.5) is 26.3 Å². The summed E-state index contributed by atoms with van der Waals surface area (Å²) in [5.41, 5.74) is -0.989. The van der Waals surface area contributed by atoms with E-state index >= 15 is 0 Å². The Morgan fingerprint density at radius 2 is 1.86 bits per heavy atom. The highest BCUT2D eigenvalue weighted by atomic mass is 19.4. The fraction of sp³-hybridized carbons (Fsp3) is 0.400. The number of nitriles is 1. The second-order valence-electron chi connectivity index (χ2n) is 4.04. The van der Waals surface area contributed by atoms with Crippen molar-refractivity contribution in [2.45, 2.75) is 24.9 Å². The molecule has 0 N–H and O–H groups in total. The number of halogens is 6. The molecule has 0 aliphatic heterocycles. The number of hydrogen-bond donors (Lipinski definition) is 0. The van der Waals surface area contributed by atoms with Gasteiger partial charge in [-0.1, -0.05) is 0 Å². The van der Waals surface area contributed by atoms with E-state index in [2.05, 4.69) is 15.1 Å². The molecule has 5 nitrogen and oxygen atoms in total. The Labute approximate surface area is 112 Å². The van der Waals surface area contributed by atoms with Gasteiger partial charge < -0.3 is 0 Å². The summed E-state index contributed by atoms with van der Waals surface area (Å²) in [5, 5.41) is 11.9. The second kappa shape index (κ2) is 4.87. The topological polar surface area (TPSA) is 66.9 Å². The molecule has 0 fully saturated rings. The Morgan fingerprint density at radius 3 is 2.43 bits per heavy atom. The molecule has 0 saturated carbocycles. The lowest BCUT2D eigenvalue weighted by molar-refractivity contribution is -0.284. The first kappa shape index (κ1) is 15.0. The van der Waals surface area contributed by atoms with Crippen molar-refractivity contribution in [2.75, 3.05) is 0 Å². The van der Waals surface area contributed by atoms with Crippen LogP contribution in [-0.4, -0.2) is 31.7 Å². The van der Waals surface area contributed by atoms with E-state index in [1.54, 1.807) is 6.07 Å². The van der Waals surface area contributed by atoms with Crippen molar-refractivity contribution in [1.29, 1.82) is 5.26 Å². The standard InChI is InChI=1S/C10H5F6N5/c11-8-19-7-6(1-2-9(12,13)10(14,15)16)18-5(3-17)4-21(7)20-8/h4H,1-2H2. The molecule has 112 valence electrons. The van der Waals surface area contributed by atoms with Crippen molar-refractivity contribution < 1.29 is 26.3 Å². The van der Waals surface area contributed by atoms with Crippen molar-refractivity contribution in [2.24, 2.45) is 0 Å². The highest BCUT2D eigenvalue weighted by Gasteiger charge is 2.56. The fourth-order valence-corrected chi connectivity index (χ4v) is 1.56. The first-order valence-electron chi connectivity index (χ1n) is 5.40. The first-order valence-corrected chi connectivity index (χ1v) is 5.40. The summed E-state index contributed by atoms with van der Waals surface area (Å²) in [6.45, 7) is 0. The minimum absolute atomic E-state index is 0.308. The summed E-state index contributed by atoms with van der Waals surface area (Å²) in [6, 6.07) is 1.56. The predicted molar refractivity (Wildman–Crippen MR) is 54.8 cm³/mol. The lowest BCUT2D eigenvalue weighted by atomic mass is 10.1. The molecule has 0 unspecified atom stereocenters. The van der Waals surface area contributed by atoms with Crippen LogP contribution >= 0.6 is 0 Å². The van der Waals surface area contributed by atoms with Gasteiger partial charge in [-0.25, -0.2) is 9.50 Å². The maximum Gasteiger partial charge on any atom is 0.453 e. The summed E-state index contributed by atoms with van der Waals surface area (Å²) in [5.74, 6) is -4.92. The highest BCUT2D eigenvalue weighted by Crippen LogP contribution is 2.38. The van der Waals surface area contributed by atoms with Gasteiger partial charge in [-0.15, -0.1) is 5.10 Å². The van der Waals surface area contributed by atoms with E-state index in [1.165, 1.54) is 0 Å². The molecule has 0 atom stereocenters. The molecule has 2 aromatic heterocycles. The summed E-state index contributed by atoms with van der Waals surface area (Å²) in [7, 11) is 0. The van der Waals surface area contributed by atoms with Crippen molar-refractivity contribution in [3.8, 4) is 6.07 Å². The summed E-state index contributed by atoms with van der Waals surface area (Å²) >= 11 is 0. The molecule has 0 aliphatic rings. The number of nitrogens with zero attached hydrogens (tertiary/aromatic N) is 5. The molecule has 2 rings (SSSR count). The second-order valence-corrected chi connectivity index (χ2v) is 4.04. The van der Waals surface area contributed by atoms with Crippen LogP contribution in [-0.2, 0) is 6.42 Å². The quantitative estimate of drug-likeness (QED) is 0.816. The average Bonchev–Trinajstić information content (AvgIpc) is 2.74. The lowest BCUT2D eigenvalue weighted by Gasteiger charge is -2.19. The summed E-state index contributed by atoms with van der Waals surface area (Å²) in [4.78, 5) is 6.80. The minimum Gasteiger partial charge on any atom is -0.237 e. The van der Waals surface area contributed by atoms with Crippen LogP contribution in [0.25, 0.3) is 5.65 Å². The molecule has 0 amide bonds. The number of aromatic nitrogens is 4. The van der Waals surface area contributed by atoms with Gasteiger partial charge in [-0.2, -0.15) is 36.6 Å². The smallest absolute Gasteiger partial charge is 0.237 e. The molecule has 0 radical (unpaired) electrons. The Balaban J connectivity index is 2.36. The highest BCUT2D eigenvalue weighted by molar-refractivity contribution is 5.44. The molecular formula is C10H5F6N5. The Hall–Kier alpha value is -2.38. The van der Waals surface area contributed by atoms with E-state index in [4.69, 9.17) is 5.26 Å². The summed E-state index contributed by atoms with van der Waals surface area (Å²) < 4.78 is 75.7. The van der Waals surface area contributed by atoms with Gasteiger partial charge in [0, 0.05) is 6.42 Å². The van der Waals surface area contributed by atoms with E-state index in [0.29, 0.717) is 0 Å². The minimum atomic E-state index is -5.70. The average molecular weight is 309 g/mol. The predicted octanol–water partition coefficient (Wildman–Crippen LogP) is 2.27. The van der Waals surface area contributed by atoms with E-state index in [1.807, 2.05) is 0 Å². The van der Waals surface area contributed by atoms with Crippen LogP contribution < -0.4 is 0 Å². The van der Waals surface area contributed by atoms with E-state index < -0.39 is 31.0 Å². The van der Waals surface area contributed by atoms with Crippen LogP contribution in [0.2, 0.25) is 0 Å². The number of fused-ring (bicyclic) bond motifs is 1. The van der Waals surface area contributed by atoms with Gasteiger partial charge in [0.05, 0.1) is 11.9 Å². The monoisotopic (exact) mass is 309 g/mol. The van der Waals surface area contributed by atoms with Crippen LogP contribution in [0.1, 0.15) is 17.8 Å². The van der Waals surface area contributed by atoms with Gasteiger partial charge in [0.1, 0.15) is 6.07 Å². The van der Waals surface area contributed by atoms with Crippen LogP contribution in [0.3, 0.4) is 0 Å². The van der Waals surface area contributed by atoms with Crippen LogP contribution in [0.5, 0.6) is 0 Å². The van der Waals surface area contributed by atoms with Crippen LogP contribution in [0.15, 0.2) is 6.20 Å². The van der Waals surface area contributed by atoms with Crippen molar-refractivity contribution >= 4 is 5.65 Å². The van der Waals surface area contributed by atoms with Gasteiger partial charge in [-0.05, 0) is 6.42 Å². The zero-order valence-electron chi connectivity index (χ0n) is 10.00. The number of hydrogen-bond acceptors (Lipinski definition) is 4. The lowest BCUT2D eigenvalue weighted by Crippen LogP contribution is -2.36. The fourth-order valence-electron chi connectivity index (χ4n) is 1.56. The van der Waals surface area contributed by atoms with Crippen LogP contribution in [0, 0.1) is 17.4 Å². The maximum atomic E-state index is 12.9. The maximum absolute atomic E-state index is 12.9. The Bertz CT molecular complexity index is 713. The van der Waals surface area contributed by atoms with Crippen molar-refractivity contribution in [1.82, 2.24) is 19.6 Å². The van der Waals surface area contributed by atoms with Gasteiger partial charge in [0.15, 0.2) is 11.3 Å². The Kier molecular flexibility index (Phi) is 3.48. The third-order valence-corrected chi connectivity index (χ3v) is 2.57. The SMILES string of the molecule is N#Cc1cn2nc(F)nc2c(CCC(F)(F)C(F)(F)F)n1. The molecule has 2 aromatic rings. The molecule has 11 heteroatoms. The summed E-state index contributed by atoms with van der Waals surface area (Å²) in [6.07, 6.45) is -8.37. The number of alkyl halides is 5. The van der Waals surface area contributed by atoms with Gasteiger partial charge >= 0.3 is 18.2 Å². The van der Waals surface area contributed by atoms with E-state index in [0.717, 1.165) is 10.7 Å². The first-order chi connectivity index (χ1) is 9.64. The molecule has 0 aliphatic carbocycles. The Morgan fingerprint density at radius 1 is 1.19 bits per heavy atom. The normalized spacial score (nSPS) is 12.6. The molecule has 0 aromatic carbocycles. The molecule has 0 spiro atoms. The zero-order chi connectivity index (χ0) is 15.8. The van der Waals surface area contributed by atoms with Gasteiger partial charge in [0.25, 0.3) is 0 Å². The zero-order valence-corrected chi connectivity index (χ0v) is 10.00. The molecule has 0 saturated heterocycles. The third-order valence-electron chi connectivity index (χ3n) is 2.57. The molecule has 2 heterocycles. The van der Waals surface area contributed by atoms with Crippen molar-refractivity contribution in [3.05, 3.63) is 23.7 Å². The largest absolute Gasteiger partial charge is 0.453 e. The molecule has 21 heavy (non-hydrogen) atoms. The van der Waals surface area contributed by atoms with Gasteiger partial charge in [-0.3, -0.25) is 0 Å². The number of rotatable bonds is 3. The van der Waals surface area contributed by atoms with E-state index in [9.17, 15) is 26.3 Å². The third kappa shape index (κ3) is 2.88. The van der Waals surface area contributed by atoms with E-state index in [-0.39, 0.29) is 17.0 Å². The molecular weight excluding hydrogens is 304 g/mol.